The number of nitrogens with zero attached hydrogens (tertiary/aromatic N) is 1. The number of phosphoric ester groups is 1. The first kappa shape index (κ1) is 29.7. The number of aryl methyl sites for hydroxylation is 2. The van der Waals surface area contributed by atoms with E-state index < -0.39 is 68.6 Å². The van der Waals surface area contributed by atoms with Crippen molar-refractivity contribution >= 4 is 19.5 Å². The van der Waals surface area contributed by atoms with Crippen molar-refractivity contribution in [1.82, 2.24) is 4.90 Å². The third-order valence-corrected chi connectivity index (χ3v) is 7.47. The van der Waals surface area contributed by atoms with Crippen LogP contribution in [0, 0.1) is 13.8 Å². The van der Waals surface area contributed by atoms with Crippen LogP contribution in [0.25, 0.3) is 0 Å². The van der Waals surface area contributed by atoms with Crippen LogP contribution >= 0.6 is 7.82 Å². The Balaban J connectivity index is 1.66. The van der Waals surface area contributed by atoms with Crippen molar-refractivity contribution in [2.24, 2.45) is 0 Å². The van der Waals surface area contributed by atoms with Crippen molar-refractivity contribution < 1.29 is 59.5 Å². The molecule has 4 rings (SSSR count). The Hall–Kier alpha value is -3.32. The third-order valence-electron chi connectivity index (χ3n) is 6.15. The van der Waals surface area contributed by atoms with Gasteiger partial charge >= 0.3 is 13.7 Å². The molecular weight excluding hydrogens is 568 g/mol. The van der Waals surface area contributed by atoms with E-state index in [-0.39, 0.29) is 22.6 Å². The van der Waals surface area contributed by atoms with Crippen LogP contribution in [0.5, 0.6) is 11.5 Å². The van der Waals surface area contributed by atoms with E-state index in [0.717, 1.165) is 11.1 Å². The number of amides is 1. The average Bonchev–Trinajstić information content (AvgIpc) is 3.09. The van der Waals surface area contributed by atoms with Crippen LogP contribution in [0.15, 0.2) is 60.6 Å². The number of hydrogen-bond donors (Lipinski definition) is 1. The molecule has 216 valence electrons. The van der Waals surface area contributed by atoms with Gasteiger partial charge in [0.25, 0.3) is 6.43 Å². The second-order valence-corrected chi connectivity index (χ2v) is 10.7. The summed E-state index contributed by atoms with van der Waals surface area (Å²) in [4.78, 5) is 23.5. The molecule has 1 amide bonds. The van der Waals surface area contributed by atoms with Gasteiger partial charge in [0, 0.05) is 6.20 Å². The standard InChI is InChI=1S/C25H23F5NO8P/c1-14-3-7-16(8-4-14)38-40(35,39-17-9-5-15(2)6-10-17)36-13-24(22(27)28)21(34)25(29,30)23(37-24)31-12-18(26)19(32)11-20(31)33/h3-10,12,21-23,34H,11,13H2,1-2H3/t21-,23-,24-/m1/s1. The molecule has 15 heteroatoms. The molecule has 0 radical (unpaired) electrons. The van der Waals surface area contributed by atoms with Gasteiger partial charge in [-0.25, -0.2) is 17.7 Å². The highest BCUT2D eigenvalue weighted by atomic mass is 31.2. The molecule has 1 fully saturated rings. The first-order chi connectivity index (χ1) is 18.7. The number of ketones is 1. The van der Waals surface area contributed by atoms with Crippen LogP contribution in [0.3, 0.4) is 0 Å². The summed E-state index contributed by atoms with van der Waals surface area (Å²) in [7, 11) is -4.95. The maximum absolute atomic E-state index is 15.1. The van der Waals surface area contributed by atoms with E-state index in [2.05, 4.69) is 0 Å². The zero-order valence-corrected chi connectivity index (χ0v) is 21.8. The molecule has 0 aliphatic carbocycles. The number of rotatable bonds is 9. The zero-order valence-electron chi connectivity index (χ0n) is 20.9. The van der Waals surface area contributed by atoms with Crippen molar-refractivity contribution in [3.05, 3.63) is 71.7 Å². The molecule has 0 spiro atoms. The Morgan fingerprint density at radius 3 is 2.00 bits per heavy atom. The number of allylic oxidation sites excluding steroid dienone is 1. The van der Waals surface area contributed by atoms with Crippen LogP contribution in [0.2, 0.25) is 0 Å². The Morgan fingerprint density at radius 1 is 1.02 bits per heavy atom. The Labute approximate surface area is 224 Å². The number of carbonyl (C=O) groups is 2. The van der Waals surface area contributed by atoms with Crippen LogP contribution in [-0.4, -0.2) is 58.6 Å². The highest BCUT2D eigenvalue weighted by Crippen LogP contribution is 2.54. The highest BCUT2D eigenvalue weighted by Gasteiger charge is 2.72. The van der Waals surface area contributed by atoms with Gasteiger partial charge in [-0.2, -0.15) is 8.78 Å². The van der Waals surface area contributed by atoms with Gasteiger partial charge in [-0.3, -0.25) is 19.0 Å². The molecule has 9 nitrogen and oxygen atoms in total. The lowest BCUT2D eigenvalue weighted by molar-refractivity contribution is -0.202. The Morgan fingerprint density at radius 2 is 1.52 bits per heavy atom. The SMILES string of the molecule is Cc1ccc(OP(=O)(OC[C@@]2(C(F)F)O[C@@H](N3C=C(F)C(=O)CC3=O)C(F)(F)[C@@H]2O)Oc2ccc(C)cc2)cc1. The Kier molecular flexibility index (Phi) is 8.10. The molecule has 0 saturated carbocycles. The third kappa shape index (κ3) is 5.75. The van der Waals surface area contributed by atoms with Crippen LogP contribution < -0.4 is 9.05 Å². The van der Waals surface area contributed by atoms with Crippen molar-refractivity contribution in [3.63, 3.8) is 0 Å². The lowest BCUT2D eigenvalue weighted by Crippen LogP contribution is -2.54. The number of carbonyl (C=O) groups excluding carboxylic acids is 2. The predicted octanol–water partition coefficient (Wildman–Crippen LogP) is 4.85. The number of aliphatic hydroxyl groups is 1. The molecule has 0 aromatic heterocycles. The van der Waals surface area contributed by atoms with Crippen molar-refractivity contribution in [1.29, 1.82) is 0 Å². The molecule has 40 heavy (non-hydrogen) atoms. The molecule has 0 bridgehead atoms. The molecule has 2 aromatic rings. The van der Waals surface area contributed by atoms with Crippen molar-refractivity contribution in [2.75, 3.05) is 6.61 Å². The van der Waals surface area contributed by atoms with Gasteiger partial charge in [0.2, 0.25) is 17.9 Å². The molecule has 1 N–H and O–H groups in total. The summed E-state index contributed by atoms with van der Waals surface area (Å²) >= 11 is 0. The minimum absolute atomic E-state index is 0.0772. The smallest absolute Gasteiger partial charge is 0.395 e. The quantitative estimate of drug-likeness (QED) is 0.250. The van der Waals surface area contributed by atoms with E-state index in [0.29, 0.717) is 0 Å². The zero-order chi connectivity index (χ0) is 29.5. The van der Waals surface area contributed by atoms with Crippen LogP contribution in [0.1, 0.15) is 17.5 Å². The summed E-state index contributed by atoms with van der Waals surface area (Å²) < 4.78 is 107. The maximum atomic E-state index is 15.1. The second kappa shape index (κ2) is 10.9. The van der Waals surface area contributed by atoms with Gasteiger partial charge in [0.15, 0.2) is 17.5 Å². The summed E-state index contributed by atoms with van der Waals surface area (Å²) in [5, 5.41) is 10.4. The van der Waals surface area contributed by atoms with Gasteiger partial charge in [-0.05, 0) is 38.1 Å². The first-order valence-corrected chi connectivity index (χ1v) is 13.1. The van der Waals surface area contributed by atoms with Gasteiger partial charge in [0.1, 0.15) is 11.5 Å². The number of aliphatic hydroxyl groups excluding tert-OH is 1. The van der Waals surface area contributed by atoms with E-state index in [1.807, 2.05) is 0 Å². The van der Waals surface area contributed by atoms with Gasteiger partial charge in [0.05, 0.1) is 13.0 Å². The number of halogens is 5. The summed E-state index contributed by atoms with van der Waals surface area (Å²) in [6.45, 7) is 1.81. The topological polar surface area (TPSA) is 112 Å². The molecule has 1 saturated heterocycles. The van der Waals surface area contributed by atoms with Crippen LogP contribution in [-0.2, 0) is 23.4 Å². The van der Waals surface area contributed by atoms with E-state index in [1.54, 1.807) is 38.1 Å². The average molecular weight is 591 g/mol. The number of benzene rings is 2. The predicted molar refractivity (Wildman–Crippen MR) is 127 cm³/mol. The summed E-state index contributed by atoms with van der Waals surface area (Å²) in [5.74, 6) is -9.09. The molecule has 2 aliphatic rings. The molecular formula is C25H23F5NO8P. The van der Waals surface area contributed by atoms with Gasteiger partial charge in [-0.15, -0.1) is 0 Å². The lowest BCUT2D eigenvalue weighted by atomic mass is 9.95. The first-order valence-electron chi connectivity index (χ1n) is 11.7. The maximum Gasteiger partial charge on any atom is 0.587 e. The molecule has 2 aromatic carbocycles. The monoisotopic (exact) mass is 591 g/mol. The van der Waals surface area contributed by atoms with Gasteiger partial charge in [-0.1, -0.05) is 35.4 Å². The Bertz CT molecular complexity index is 1300. The molecule has 0 unspecified atom stereocenters. The minimum Gasteiger partial charge on any atom is -0.395 e. The minimum atomic E-state index is -4.95. The van der Waals surface area contributed by atoms with E-state index in [9.17, 15) is 32.4 Å². The van der Waals surface area contributed by atoms with Crippen molar-refractivity contribution in [3.8, 4) is 11.5 Å². The fourth-order valence-corrected chi connectivity index (χ4v) is 5.15. The molecule has 2 aliphatic heterocycles. The molecule has 2 heterocycles. The number of Topliss-reactive ketones (excluding diaryl/α,β-unsaturated/α-hetero) is 1. The number of alkyl halides is 4. The summed E-state index contributed by atoms with van der Waals surface area (Å²) in [6, 6.07) is 11.7. The highest BCUT2D eigenvalue weighted by molar-refractivity contribution is 7.49. The van der Waals surface area contributed by atoms with E-state index in [1.165, 1.54) is 24.3 Å². The van der Waals surface area contributed by atoms with Crippen LogP contribution in [0.4, 0.5) is 22.0 Å². The fraction of sp³-hybridized carbons (Fsp3) is 0.360. The van der Waals surface area contributed by atoms with Crippen molar-refractivity contribution in [2.45, 2.75) is 50.5 Å². The number of hydrogen-bond acceptors (Lipinski definition) is 8. The van der Waals surface area contributed by atoms with E-state index >= 15 is 8.78 Å². The summed E-state index contributed by atoms with van der Waals surface area (Å²) in [6.07, 6.45) is -11.3. The summed E-state index contributed by atoms with van der Waals surface area (Å²) in [5.41, 5.74) is -2.02. The second-order valence-electron chi connectivity index (χ2n) is 9.21. The largest absolute Gasteiger partial charge is 0.587 e. The number of phosphoric acid groups is 1. The van der Waals surface area contributed by atoms with Gasteiger partial charge < -0.3 is 18.9 Å². The normalized spacial score (nSPS) is 24.8. The fourth-order valence-electron chi connectivity index (χ4n) is 3.89. The lowest BCUT2D eigenvalue weighted by Gasteiger charge is -2.32. The molecule has 3 atom stereocenters. The number of ether oxygens (including phenoxy) is 1. The van der Waals surface area contributed by atoms with E-state index in [4.69, 9.17) is 18.3 Å².